The second-order valence-electron chi connectivity index (χ2n) is 5.14. The van der Waals surface area contributed by atoms with Gasteiger partial charge in [-0.2, -0.15) is 11.8 Å². The van der Waals surface area contributed by atoms with Crippen LogP contribution in [0, 0.1) is 5.82 Å². The quantitative estimate of drug-likeness (QED) is 0.866. The van der Waals surface area contributed by atoms with Crippen molar-refractivity contribution in [2.24, 2.45) is 0 Å². The third-order valence-corrected chi connectivity index (χ3v) is 4.16. The van der Waals surface area contributed by atoms with Gasteiger partial charge in [0.25, 0.3) is 0 Å². The van der Waals surface area contributed by atoms with Crippen molar-refractivity contribution in [3.63, 3.8) is 0 Å². The van der Waals surface area contributed by atoms with Crippen molar-refractivity contribution in [2.75, 3.05) is 29.5 Å². The monoisotopic (exact) mass is 284 g/mol. The van der Waals surface area contributed by atoms with Gasteiger partial charge in [0, 0.05) is 36.2 Å². The van der Waals surface area contributed by atoms with E-state index in [9.17, 15) is 4.39 Å². The third kappa shape index (κ3) is 3.47. The summed E-state index contributed by atoms with van der Waals surface area (Å²) in [5.41, 5.74) is 7.31. The van der Waals surface area contributed by atoms with Crippen molar-refractivity contribution < 1.29 is 9.13 Å². The number of nitrogens with two attached hydrogens (primary N) is 1. The van der Waals surface area contributed by atoms with E-state index in [1.807, 2.05) is 25.6 Å². The average Bonchev–Trinajstić information content (AvgIpc) is 2.32. The lowest BCUT2D eigenvalue weighted by molar-refractivity contribution is 0.231. The van der Waals surface area contributed by atoms with E-state index >= 15 is 0 Å². The lowest BCUT2D eigenvalue weighted by Crippen LogP contribution is -2.37. The summed E-state index contributed by atoms with van der Waals surface area (Å²) in [6.45, 7) is 7.83. The van der Waals surface area contributed by atoms with E-state index < -0.39 is 5.82 Å². The van der Waals surface area contributed by atoms with Gasteiger partial charge in [0.05, 0.1) is 17.5 Å². The maximum absolute atomic E-state index is 13.8. The van der Waals surface area contributed by atoms with Crippen LogP contribution in [-0.4, -0.2) is 30.2 Å². The molecule has 1 aliphatic heterocycles. The predicted octanol–water partition coefficient (Wildman–Crippen LogP) is 3.14. The smallest absolute Gasteiger partial charge is 0.167 e. The summed E-state index contributed by atoms with van der Waals surface area (Å²) < 4.78 is 19.3. The first kappa shape index (κ1) is 14.3. The van der Waals surface area contributed by atoms with E-state index in [1.165, 1.54) is 6.07 Å². The van der Waals surface area contributed by atoms with Crippen LogP contribution in [0.1, 0.15) is 20.8 Å². The predicted molar refractivity (Wildman–Crippen MR) is 80.7 cm³/mol. The summed E-state index contributed by atoms with van der Waals surface area (Å²) in [5, 5.41) is 0.563. The van der Waals surface area contributed by atoms with Gasteiger partial charge in [-0.3, -0.25) is 0 Å². The molecule has 1 atom stereocenters. The number of halogens is 1. The minimum absolute atomic E-state index is 0.0539. The number of rotatable bonds is 3. The van der Waals surface area contributed by atoms with Gasteiger partial charge in [-0.05, 0) is 13.8 Å². The SMILES string of the molecule is CC(C)Oc1cc(N2CCSC(C)C2)c(N)cc1F. The van der Waals surface area contributed by atoms with Gasteiger partial charge in [-0.25, -0.2) is 4.39 Å². The Labute approximate surface area is 118 Å². The molecular weight excluding hydrogens is 263 g/mol. The number of hydrogen-bond donors (Lipinski definition) is 1. The Balaban J connectivity index is 2.28. The first-order valence-corrected chi connectivity index (χ1v) is 7.64. The van der Waals surface area contributed by atoms with Gasteiger partial charge in [0.15, 0.2) is 11.6 Å². The van der Waals surface area contributed by atoms with E-state index in [-0.39, 0.29) is 11.9 Å². The molecule has 1 unspecified atom stereocenters. The number of anilines is 2. The molecule has 3 nitrogen and oxygen atoms in total. The normalized spacial score (nSPS) is 19.8. The molecule has 19 heavy (non-hydrogen) atoms. The van der Waals surface area contributed by atoms with Crippen molar-refractivity contribution in [1.82, 2.24) is 0 Å². The highest BCUT2D eigenvalue weighted by Gasteiger charge is 2.21. The van der Waals surface area contributed by atoms with Gasteiger partial charge in [0.1, 0.15) is 0 Å². The fourth-order valence-electron chi connectivity index (χ4n) is 2.21. The zero-order valence-corrected chi connectivity index (χ0v) is 12.5. The molecule has 1 saturated heterocycles. The first-order chi connectivity index (χ1) is 8.97. The first-order valence-electron chi connectivity index (χ1n) is 6.59. The Morgan fingerprint density at radius 1 is 1.47 bits per heavy atom. The highest BCUT2D eigenvalue weighted by Crippen LogP contribution is 2.34. The summed E-state index contributed by atoms with van der Waals surface area (Å²) in [5.74, 6) is 0.956. The maximum Gasteiger partial charge on any atom is 0.167 e. The topological polar surface area (TPSA) is 38.5 Å². The second kappa shape index (κ2) is 5.90. The lowest BCUT2D eigenvalue weighted by Gasteiger charge is -2.33. The molecule has 0 amide bonds. The summed E-state index contributed by atoms with van der Waals surface area (Å²) in [6.07, 6.45) is -0.0539. The minimum Gasteiger partial charge on any atom is -0.488 e. The Hall–Kier alpha value is -1.10. The fraction of sp³-hybridized carbons (Fsp3) is 0.571. The number of nitrogens with zero attached hydrogens (tertiary/aromatic N) is 1. The molecule has 0 radical (unpaired) electrons. The van der Waals surface area contributed by atoms with Crippen LogP contribution in [0.4, 0.5) is 15.8 Å². The van der Waals surface area contributed by atoms with E-state index in [0.717, 1.165) is 24.5 Å². The van der Waals surface area contributed by atoms with Gasteiger partial charge >= 0.3 is 0 Å². The van der Waals surface area contributed by atoms with Crippen LogP contribution in [0.2, 0.25) is 0 Å². The summed E-state index contributed by atoms with van der Waals surface area (Å²) in [4.78, 5) is 2.21. The van der Waals surface area contributed by atoms with Crippen molar-refractivity contribution in [2.45, 2.75) is 32.1 Å². The molecule has 5 heteroatoms. The Morgan fingerprint density at radius 3 is 2.84 bits per heavy atom. The molecule has 0 aromatic heterocycles. The maximum atomic E-state index is 13.8. The fourth-order valence-corrected chi connectivity index (χ4v) is 3.23. The van der Waals surface area contributed by atoms with Crippen molar-refractivity contribution in [1.29, 1.82) is 0 Å². The van der Waals surface area contributed by atoms with Crippen LogP contribution >= 0.6 is 11.8 Å². The number of benzene rings is 1. The Morgan fingerprint density at radius 2 is 2.21 bits per heavy atom. The van der Waals surface area contributed by atoms with Crippen LogP contribution < -0.4 is 15.4 Å². The standard InChI is InChI=1S/C14H21FN2OS/c1-9(2)18-14-7-13(12(16)6-11(14)15)17-4-5-19-10(3)8-17/h6-7,9-10H,4-5,8,16H2,1-3H3. The molecule has 1 aromatic rings. The highest BCUT2D eigenvalue weighted by molar-refractivity contribution is 8.00. The molecule has 1 heterocycles. The van der Waals surface area contributed by atoms with Crippen LogP contribution in [0.25, 0.3) is 0 Å². The van der Waals surface area contributed by atoms with Gasteiger partial charge in [-0.15, -0.1) is 0 Å². The molecule has 0 bridgehead atoms. The van der Waals surface area contributed by atoms with Gasteiger partial charge < -0.3 is 15.4 Å². The number of nitrogen functional groups attached to an aromatic ring is 1. The molecule has 2 N–H and O–H groups in total. The van der Waals surface area contributed by atoms with E-state index in [1.54, 1.807) is 6.07 Å². The van der Waals surface area contributed by atoms with Crippen LogP contribution in [0.5, 0.6) is 5.75 Å². The number of ether oxygens (including phenoxy) is 1. The molecular formula is C14H21FN2OS. The molecule has 0 saturated carbocycles. The average molecular weight is 284 g/mol. The van der Waals surface area contributed by atoms with Crippen LogP contribution in [-0.2, 0) is 0 Å². The molecule has 0 spiro atoms. The van der Waals surface area contributed by atoms with E-state index in [0.29, 0.717) is 10.9 Å². The Kier molecular flexibility index (Phi) is 4.45. The lowest BCUT2D eigenvalue weighted by atomic mass is 10.2. The number of thioether (sulfide) groups is 1. The highest BCUT2D eigenvalue weighted by atomic mass is 32.2. The molecule has 0 aliphatic carbocycles. The summed E-state index contributed by atoms with van der Waals surface area (Å²) in [7, 11) is 0. The molecule has 2 rings (SSSR count). The molecule has 1 fully saturated rings. The van der Waals surface area contributed by atoms with Gasteiger partial charge in [-0.1, -0.05) is 6.92 Å². The van der Waals surface area contributed by atoms with Gasteiger partial charge in [0.2, 0.25) is 0 Å². The second-order valence-corrected chi connectivity index (χ2v) is 6.68. The molecule has 1 aliphatic rings. The van der Waals surface area contributed by atoms with Crippen molar-refractivity contribution in [3.8, 4) is 5.75 Å². The summed E-state index contributed by atoms with van der Waals surface area (Å²) in [6, 6.07) is 3.09. The zero-order valence-electron chi connectivity index (χ0n) is 11.6. The van der Waals surface area contributed by atoms with E-state index in [4.69, 9.17) is 10.5 Å². The largest absolute Gasteiger partial charge is 0.488 e. The minimum atomic E-state index is -0.394. The number of hydrogen-bond acceptors (Lipinski definition) is 4. The molecule has 106 valence electrons. The van der Waals surface area contributed by atoms with Crippen LogP contribution in [0.15, 0.2) is 12.1 Å². The Bertz CT molecular complexity index is 453. The van der Waals surface area contributed by atoms with Crippen LogP contribution in [0.3, 0.4) is 0 Å². The summed E-state index contributed by atoms with van der Waals surface area (Å²) >= 11 is 1.95. The van der Waals surface area contributed by atoms with Crippen molar-refractivity contribution >= 4 is 23.1 Å². The third-order valence-electron chi connectivity index (χ3n) is 3.03. The zero-order chi connectivity index (χ0) is 14.0. The molecule has 1 aromatic carbocycles. The van der Waals surface area contributed by atoms with E-state index in [2.05, 4.69) is 11.8 Å². The van der Waals surface area contributed by atoms with Crippen molar-refractivity contribution in [3.05, 3.63) is 17.9 Å².